The summed E-state index contributed by atoms with van der Waals surface area (Å²) in [6.07, 6.45) is 3.09. The molecular weight excluding hydrogens is 346 g/mol. The van der Waals surface area contributed by atoms with E-state index in [1.807, 2.05) is 26.8 Å². The summed E-state index contributed by atoms with van der Waals surface area (Å²) >= 11 is 0. The first-order valence-corrected chi connectivity index (χ1v) is 10.0. The minimum Gasteiger partial charge on any atom is -0.258 e. The van der Waals surface area contributed by atoms with Crippen molar-refractivity contribution in [1.82, 2.24) is 0 Å². The molecule has 0 N–H and O–H groups in total. The number of nitro groups is 1. The SMILES string of the molecule is CC.CCCc1ccc(-c2ccccc2)cc1.CCc1ccccc1[N+](=O)[O-]. The molecule has 3 heteroatoms. The maximum atomic E-state index is 10.4. The van der Waals surface area contributed by atoms with Crippen molar-refractivity contribution in [3.05, 3.63) is 100 Å². The maximum Gasteiger partial charge on any atom is 0.272 e. The summed E-state index contributed by atoms with van der Waals surface area (Å²) in [5.41, 5.74) is 5.03. The summed E-state index contributed by atoms with van der Waals surface area (Å²) in [6, 6.07) is 26.2. The molecule has 0 amide bonds. The zero-order chi connectivity index (χ0) is 20.8. The van der Waals surface area contributed by atoms with Crippen molar-refractivity contribution in [2.45, 2.75) is 47.0 Å². The molecule has 0 aliphatic carbocycles. The minimum absolute atomic E-state index is 0.218. The van der Waals surface area contributed by atoms with Crippen molar-refractivity contribution in [2.24, 2.45) is 0 Å². The highest BCUT2D eigenvalue weighted by Gasteiger charge is 2.08. The third-order valence-corrected chi connectivity index (χ3v) is 4.17. The molecule has 0 saturated heterocycles. The number of benzene rings is 3. The van der Waals surface area contributed by atoms with E-state index in [-0.39, 0.29) is 10.6 Å². The highest BCUT2D eigenvalue weighted by Crippen LogP contribution is 2.19. The van der Waals surface area contributed by atoms with Gasteiger partial charge in [-0.1, -0.05) is 107 Å². The summed E-state index contributed by atoms with van der Waals surface area (Å²) in [6.45, 7) is 8.12. The lowest BCUT2D eigenvalue weighted by Gasteiger charge is -2.03. The van der Waals surface area contributed by atoms with Crippen LogP contribution in [0.2, 0.25) is 0 Å². The van der Waals surface area contributed by atoms with Crippen LogP contribution in [0, 0.1) is 10.1 Å². The molecule has 0 aromatic heterocycles. The Morgan fingerprint density at radius 2 is 1.29 bits per heavy atom. The molecular formula is C25H31NO2. The maximum absolute atomic E-state index is 10.4. The predicted molar refractivity (Wildman–Crippen MR) is 120 cm³/mol. The topological polar surface area (TPSA) is 43.1 Å². The smallest absolute Gasteiger partial charge is 0.258 e. The molecule has 0 aliphatic rings. The monoisotopic (exact) mass is 377 g/mol. The molecule has 3 rings (SSSR count). The largest absolute Gasteiger partial charge is 0.272 e. The average Bonchev–Trinajstić information content (AvgIpc) is 2.77. The zero-order valence-corrected chi connectivity index (χ0v) is 17.4. The molecule has 0 aliphatic heterocycles. The van der Waals surface area contributed by atoms with Gasteiger partial charge in [-0.2, -0.15) is 0 Å². The highest BCUT2D eigenvalue weighted by atomic mass is 16.6. The van der Waals surface area contributed by atoms with E-state index in [0.717, 1.165) is 5.56 Å². The molecule has 0 bridgehead atoms. The standard InChI is InChI=1S/C15H16.C8H9NO2.C2H6/c1-2-6-13-9-11-15(12-10-13)14-7-4-3-5-8-14;1-2-7-5-3-4-6-8(7)9(10)11;1-2/h3-5,7-12H,2,6H2,1H3;3-6H,2H2,1H3;1-2H3. The predicted octanol–water partition coefficient (Wildman–Crippen LogP) is 7.49. The summed E-state index contributed by atoms with van der Waals surface area (Å²) in [5, 5.41) is 10.4. The van der Waals surface area contributed by atoms with Crippen LogP contribution in [-0.2, 0) is 12.8 Å². The van der Waals surface area contributed by atoms with Gasteiger partial charge < -0.3 is 0 Å². The number of rotatable bonds is 5. The Hall–Kier alpha value is -2.94. The van der Waals surface area contributed by atoms with Crippen molar-refractivity contribution >= 4 is 5.69 Å². The van der Waals surface area contributed by atoms with Crippen LogP contribution in [-0.4, -0.2) is 4.92 Å². The Balaban J connectivity index is 0.000000268. The third-order valence-electron chi connectivity index (χ3n) is 4.17. The number of para-hydroxylation sites is 1. The molecule has 28 heavy (non-hydrogen) atoms. The second-order valence-corrected chi connectivity index (χ2v) is 6.05. The van der Waals surface area contributed by atoms with Crippen LogP contribution in [0.25, 0.3) is 11.1 Å². The second-order valence-electron chi connectivity index (χ2n) is 6.05. The molecule has 3 aromatic rings. The molecule has 148 valence electrons. The zero-order valence-electron chi connectivity index (χ0n) is 17.4. The summed E-state index contributed by atoms with van der Waals surface area (Å²) < 4.78 is 0. The van der Waals surface area contributed by atoms with E-state index in [1.54, 1.807) is 12.1 Å². The molecule has 0 fully saturated rings. The fraction of sp³-hybridized carbons (Fsp3) is 0.280. The van der Waals surface area contributed by atoms with Gasteiger partial charge in [-0.05, 0) is 29.5 Å². The van der Waals surface area contributed by atoms with E-state index in [9.17, 15) is 10.1 Å². The first kappa shape index (κ1) is 23.1. The lowest BCUT2D eigenvalue weighted by atomic mass is 10.0. The Labute approximate surface area is 169 Å². The van der Waals surface area contributed by atoms with Gasteiger partial charge in [-0.25, -0.2) is 0 Å². The van der Waals surface area contributed by atoms with Crippen LogP contribution in [0.1, 0.15) is 45.2 Å². The third kappa shape index (κ3) is 7.36. The van der Waals surface area contributed by atoms with Gasteiger partial charge in [0.05, 0.1) is 4.92 Å². The second kappa shape index (κ2) is 13.3. The van der Waals surface area contributed by atoms with Crippen molar-refractivity contribution < 1.29 is 4.92 Å². The lowest BCUT2D eigenvalue weighted by Crippen LogP contribution is -1.92. The highest BCUT2D eigenvalue weighted by molar-refractivity contribution is 5.63. The summed E-state index contributed by atoms with van der Waals surface area (Å²) in [7, 11) is 0. The quantitative estimate of drug-likeness (QED) is 0.341. The fourth-order valence-corrected chi connectivity index (χ4v) is 2.77. The molecule has 0 unspecified atom stereocenters. The molecule has 0 radical (unpaired) electrons. The van der Waals surface area contributed by atoms with Gasteiger partial charge in [0, 0.05) is 11.6 Å². The summed E-state index contributed by atoms with van der Waals surface area (Å²) in [5.74, 6) is 0. The van der Waals surface area contributed by atoms with E-state index in [1.165, 1.54) is 35.6 Å². The van der Waals surface area contributed by atoms with Gasteiger partial charge >= 0.3 is 0 Å². The molecule has 0 atom stereocenters. The average molecular weight is 378 g/mol. The molecule has 0 saturated carbocycles. The van der Waals surface area contributed by atoms with Crippen molar-refractivity contribution in [3.8, 4) is 11.1 Å². The first-order chi connectivity index (χ1) is 13.7. The normalized spacial score (nSPS) is 9.43. The van der Waals surface area contributed by atoms with Crippen LogP contribution >= 0.6 is 0 Å². The Morgan fingerprint density at radius 3 is 1.79 bits per heavy atom. The van der Waals surface area contributed by atoms with E-state index < -0.39 is 0 Å². The van der Waals surface area contributed by atoms with E-state index in [0.29, 0.717) is 6.42 Å². The van der Waals surface area contributed by atoms with Crippen LogP contribution < -0.4 is 0 Å². The number of aryl methyl sites for hydroxylation is 2. The van der Waals surface area contributed by atoms with Gasteiger partial charge in [0.1, 0.15) is 0 Å². The number of hydrogen-bond acceptors (Lipinski definition) is 2. The molecule has 0 spiro atoms. The fourth-order valence-electron chi connectivity index (χ4n) is 2.77. The lowest BCUT2D eigenvalue weighted by molar-refractivity contribution is -0.385. The van der Waals surface area contributed by atoms with Gasteiger partial charge in [-0.15, -0.1) is 0 Å². The van der Waals surface area contributed by atoms with Gasteiger partial charge in [0.2, 0.25) is 0 Å². The van der Waals surface area contributed by atoms with Crippen LogP contribution in [0.5, 0.6) is 0 Å². The van der Waals surface area contributed by atoms with Gasteiger partial charge in [0.15, 0.2) is 0 Å². The van der Waals surface area contributed by atoms with Crippen LogP contribution in [0.3, 0.4) is 0 Å². The Kier molecular flexibility index (Phi) is 10.9. The molecule has 0 heterocycles. The van der Waals surface area contributed by atoms with Crippen LogP contribution in [0.15, 0.2) is 78.9 Å². The number of hydrogen-bond donors (Lipinski definition) is 0. The van der Waals surface area contributed by atoms with Gasteiger partial charge in [-0.3, -0.25) is 10.1 Å². The Bertz CT molecular complexity index is 811. The van der Waals surface area contributed by atoms with E-state index in [2.05, 4.69) is 61.5 Å². The van der Waals surface area contributed by atoms with Crippen molar-refractivity contribution in [1.29, 1.82) is 0 Å². The van der Waals surface area contributed by atoms with Gasteiger partial charge in [0.25, 0.3) is 5.69 Å². The van der Waals surface area contributed by atoms with Crippen LogP contribution in [0.4, 0.5) is 5.69 Å². The summed E-state index contributed by atoms with van der Waals surface area (Å²) in [4.78, 5) is 10.0. The first-order valence-electron chi connectivity index (χ1n) is 10.0. The number of nitro benzene ring substituents is 1. The van der Waals surface area contributed by atoms with E-state index in [4.69, 9.17) is 0 Å². The van der Waals surface area contributed by atoms with Crippen molar-refractivity contribution in [3.63, 3.8) is 0 Å². The van der Waals surface area contributed by atoms with Crippen molar-refractivity contribution in [2.75, 3.05) is 0 Å². The number of nitrogens with zero attached hydrogens (tertiary/aromatic N) is 1. The minimum atomic E-state index is -0.348. The molecule has 3 nitrogen and oxygen atoms in total. The Morgan fingerprint density at radius 1 is 0.750 bits per heavy atom. The van der Waals surface area contributed by atoms with E-state index >= 15 is 0 Å². The molecule has 3 aromatic carbocycles.